The first kappa shape index (κ1) is 13.6. The minimum absolute atomic E-state index is 0.120. The van der Waals surface area contributed by atoms with Crippen LogP contribution in [0.25, 0.3) is 11.5 Å². The van der Waals surface area contributed by atoms with Crippen molar-refractivity contribution in [1.29, 1.82) is 0 Å². The monoisotopic (exact) mass is 270 g/mol. The molecule has 0 radical (unpaired) electrons. The summed E-state index contributed by atoms with van der Waals surface area (Å²) in [6.07, 6.45) is -4.61. The van der Waals surface area contributed by atoms with Crippen molar-refractivity contribution >= 4 is 0 Å². The molecular formula is C13H13F3N2O. The largest absolute Gasteiger partial charge is 0.470 e. The number of aryl methyl sites for hydroxylation is 1. The van der Waals surface area contributed by atoms with Crippen molar-refractivity contribution in [2.45, 2.75) is 32.9 Å². The Morgan fingerprint density at radius 3 is 2.32 bits per heavy atom. The third kappa shape index (κ3) is 2.77. The molecule has 0 N–H and O–H groups in total. The van der Waals surface area contributed by atoms with Gasteiger partial charge in [0.05, 0.1) is 0 Å². The summed E-state index contributed by atoms with van der Waals surface area (Å²) in [7, 11) is 0. The highest BCUT2D eigenvalue weighted by molar-refractivity contribution is 5.55. The van der Waals surface area contributed by atoms with Gasteiger partial charge in [-0.05, 0) is 36.1 Å². The highest BCUT2D eigenvalue weighted by Gasteiger charge is 2.38. The Morgan fingerprint density at radius 1 is 1.16 bits per heavy atom. The lowest BCUT2D eigenvalue weighted by Crippen LogP contribution is -2.04. The Morgan fingerprint density at radius 2 is 1.84 bits per heavy atom. The van der Waals surface area contributed by atoms with Crippen molar-refractivity contribution in [3.8, 4) is 11.5 Å². The third-order valence-electron chi connectivity index (χ3n) is 2.81. The molecule has 0 spiro atoms. The van der Waals surface area contributed by atoms with Gasteiger partial charge in [0.25, 0.3) is 0 Å². The molecule has 0 aliphatic carbocycles. The van der Waals surface area contributed by atoms with Gasteiger partial charge in [-0.3, -0.25) is 0 Å². The van der Waals surface area contributed by atoms with Crippen LogP contribution in [-0.4, -0.2) is 10.2 Å². The van der Waals surface area contributed by atoms with Crippen molar-refractivity contribution in [2.24, 2.45) is 0 Å². The van der Waals surface area contributed by atoms with Gasteiger partial charge in [0.1, 0.15) is 0 Å². The van der Waals surface area contributed by atoms with E-state index in [9.17, 15) is 13.2 Å². The van der Waals surface area contributed by atoms with Crippen LogP contribution in [0.5, 0.6) is 0 Å². The Labute approximate surface area is 108 Å². The molecule has 0 amide bonds. The van der Waals surface area contributed by atoms with Crippen molar-refractivity contribution in [3.05, 3.63) is 35.2 Å². The van der Waals surface area contributed by atoms with E-state index in [2.05, 4.69) is 28.5 Å². The van der Waals surface area contributed by atoms with Gasteiger partial charge < -0.3 is 4.42 Å². The topological polar surface area (TPSA) is 38.9 Å². The summed E-state index contributed by atoms with van der Waals surface area (Å²) >= 11 is 0. The molecular weight excluding hydrogens is 257 g/mol. The van der Waals surface area contributed by atoms with Gasteiger partial charge >= 0.3 is 12.1 Å². The molecule has 0 unspecified atom stereocenters. The Kier molecular flexibility index (Phi) is 3.34. The molecule has 19 heavy (non-hydrogen) atoms. The first-order chi connectivity index (χ1) is 8.79. The summed E-state index contributed by atoms with van der Waals surface area (Å²) in [6, 6.07) is 5.31. The number of rotatable bonds is 2. The third-order valence-corrected chi connectivity index (χ3v) is 2.81. The second-order valence-electron chi connectivity index (χ2n) is 4.64. The van der Waals surface area contributed by atoms with E-state index in [0.717, 1.165) is 11.1 Å². The molecule has 6 heteroatoms. The lowest BCUT2D eigenvalue weighted by Gasteiger charge is -2.09. The number of hydrogen-bond donors (Lipinski definition) is 0. The smallest absolute Gasteiger partial charge is 0.413 e. The van der Waals surface area contributed by atoms with E-state index in [1.165, 1.54) is 0 Å². The highest BCUT2D eigenvalue weighted by atomic mass is 19.4. The summed E-state index contributed by atoms with van der Waals surface area (Å²) in [6.45, 7) is 6.01. The van der Waals surface area contributed by atoms with Crippen molar-refractivity contribution in [1.82, 2.24) is 10.2 Å². The van der Waals surface area contributed by atoms with Gasteiger partial charge in [-0.2, -0.15) is 13.2 Å². The molecule has 0 aliphatic rings. The zero-order chi connectivity index (χ0) is 14.2. The molecule has 102 valence electrons. The maximum atomic E-state index is 12.4. The molecule has 1 aromatic carbocycles. The SMILES string of the molecule is Cc1cc(-c2nnc(C(F)(F)F)o2)ccc1C(C)C. The maximum Gasteiger partial charge on any atom is 0.470 e. The first-order valence-electron chi connectivity index (χ1n) is 5.80. The molecule has 0 atom stereocenters. The predicted octanol–water partition coefficient (Wildman–Crippen LogP) is 4.19. The molecule has 2 rings (SSSR count). The van der Waals surface area contributed by atoms with Crippen molar-refractivity contribution in [3.63, 3.8) is 0 Å². The Balaban J connectivity index is 2.38. The molecule has 1 heterocycles. The molecule has 2 aromatic rings. The maximum absolute atomic E-state index is 12.4. The summed E-state index contributed by atoms with van der Waals surface area (Å²) in [4.78, 5) is 0. The van der Waals surface area contributed by atoms with E-state index in [-0.39, 0.29) is 5.89 Å². The van der Waals surface area contributed by atoms with Crippen LogP contribution in [0.2, 0.25) is 0 Å². The number of benzene rings is 1. The molecule has 1 aromatic heterocycles. The van der Waals surface area contributed by atoms with Crippen LogP contribution >= 0.6 is 0 Å². The van der Waals surface area contributed by atoms with Gasteiger partial charge in [0.15, 0.2) is 0 Å². The van der Waals surface area contributed by atoms with Crippen LogP contribution in [-0.2, 0) is 6.18 Å². The average molecular weight is 270 g/mol. The normalized spacial score (nSPS) is 12.2. The molecule has 0 fully saturated rings. The number of alkyl halides is 3. The standard InChI is InChI=1S/C13H13F3N2O/c1-7(2)10-5-4-9(6-8(10)3)11-17-18-12(19-11)13(14,15)16/h4-7H,1-3H3. The van der Waals surface area contributed by atoms with Crippen LogP contribution in [0.15, 0.2) is 22.6 Å². The molecule has 0 saturated carbocycles. The van der Waals surface area contributed by atoms with Gasteiger partial charge in [0, 0.05) is 5.56 Å². The van der Waals surface area contributed by atoms with Gasteiger partial charge in [-0.25, -0.2) is 0 Å². The minimum atomic E-state index is -4.61. The highest BCUT2D eigenvalue weighted by Crippen LogP contribution is 2.31. The zero-order valence-electron chi connectivity index (χ0n) is 10.7. The summed E-state index contributed by atoms with van der Waals surface area (Å²) in [5, 5.41) is 6.44. The van der Waals surface area contributed by atoms with Crippen LogP contribution < -0.4 is 0 Å². The van der Waals surface area contributed by atoms with E-state index in [1.807, 2.05) is 13.0 Å². The molecule has 0 bridgehead atoms. The quantitative estimate of drug-likeness (QED) is 0.821. The molecule has 0 aliphatic heterocycles. The Hall–Kier alpha value is -1.85. The van der Waals surface area contributed by atoms with Crippen LogP contribution in [0.1, 0.15) is 36.8 Å². The second-order valence-corrected chi connectivity index (χ2v) is 4.64. The fraction of sp³-hybridized carbons (Fsp3) is 0.385. The Bertz CT molecular complexity index is 588. The average Bonchev–Trinajstić information content (AvgIpc) is 2.76. The van der Waals surface area contributed by atoms with E-state index >= 15 is 0 Å². The second kappa shape index (κ2) is 4.68. The number of halogens is 3. The van der Waals surface area contributed by atoms with Crippen LogP contribution in [0.4, 0.5) is 13.2 Å². The summed E-state index contributed by atoms with van der Waals surface area (Å²) in [5.74, 6) is -1.10. The molecule has 3 nitrogen and oxygen atoms in total. The van der Waals surface area contributed by atoms with Crippen LogP contribution in [0, 0.1) is 6.92 Å². The minimum Gasteiger partial charge on any atom is -0.413 e. The van der Waals surface area contributed by atoms with Crippen molar-refractivity contribution < 1.29 is 17.6 Å². The lowest BCUT2D eigenvalue weighted by atomic mass is 9.96. The molecule has 0 saturated heterocycles. The number of nitrogens with zero attached hydrogens (tertiary/aromatic N) is 2. The lowest BCUT2D eigenvalue weighted by molar-refractivity contribution is -0.156. The number of aromatic nitrogens is 2. The summed E-state index contributed by atoms with van der Waals surface area (Å²) in [5.41, 5.74) is 2.61. The predicted molar refractivity (Wildman–Crippen MR) is 63.6 cm³/mol. The van der Waals surface area contributed by atoms with E-state index < -0.39 is 12.1 Å². The zero-order valence-corrected chi connectivity index (χ0v) is 10.7. The van der Waals surface area contributed by atoms with Crippen molar-refractivity contribution in [2.75, 3.05) is 0 Å². The fourth-order valence-corrected chi connectivity index (χ4v) is 1.91. The van der Waals surface area contributed by atoms with Crippen LogP contribution in [0.3, 0.4) is 0 Å². The van der Waals surface area contributed by atoms with Gasteiger partial charge in [0.2, 0.25) is 5.89 Å². The van der Waals surface area contributed by atoms with E-state index in [0.29, 0.717) is 11.5 Å². The van der Waals surface area contributed by atoms with Gasteiger partial charge in [-0.15, -0.1) is 10.2 Å². The first-order valence-corrected chi connectivity index (χ1v) is 5.80. The van der Waals surface area contributed by atoms with E-state index in [4.69, 9.17) is 0 Å². The van der Waals surface area contributed by atoms with Gasteiger partial charge in [-0.1, -0.05) is 19.9 Å². The number of hydrogen-bond acceptors (Lipinski definition) is 3. The fourth-order valence-electron chi connectivity index (χ4n) is 1.91. The summed E-state index contributed by atoms with van der Waals surface area (Å²) < 4.78 is 41.8. The van der Waals surface area contributed by atoms with E-state index in [1.54, 1.807) is 12.1 Å².